The standard InChI is InChI=1S/C28H32ClN5O2/c1-18-26-23-10-5-20(19-11-14-33(15-12-19)27(35)36-28(2,3)4)17-24(23)25(13-16-34(26)32-31-18)30-22-8-6-21(29)7-9-22/h5-11,17,25,30H,12-16H2,1-4H3. The summed E-state index contributed by atoms with van der Waals surface area (Å²) in [5.41, 5.74) is 7.34. The average Bonchev–Trinajstić information content (AvgIpc) is 3.13. The third kappa shape index (κ3) is 5.12. The highest BCUT2D eigenvalue weighted by atomic mass is 35.5. The van der Waals surface area contributed by atoms with Crippen molar-refractivity contribution in [2.24, 2.45) is 0 Å². The number of hydrogen-bond donors (Lipinski definition) is 1. The molecule has 3 heterocycles. The molecule has 3 aromatic rings. The van der Waals surface area contributed by atoms with Crippen molar-refractivity contribution >= 4 is 29.0 Å². The maximum atomic E-state index is 12.5. The number of amides is 1. The Hall–Kier alpha value is -3.32. The van der Waals surface area contributed by atoms with E-state index in [0.29, 0.717) is 13.1 Å². The molecule has 0 fully saturated rings. The summed E-state index contributed by atoms with van der Waals surface area (Å²) in [7, 11) is 0. The van der Waals surface area contributed by atoms with Crippen LogP contribution in [-0.4, -0.2) is 44.7 Å². The molecule has 0 aliphatic carbocycles. The van der Waals surface area contributed by atoms with Gasteiger partial charge >= 0.3 is 6.09 Å². The Labute approximate surface area is 217 Å². The molecule has 1 unspecified atom stereocenters. The topological polar surface area (TPSA) is 72.3 Å². The number of nitrogens with zero attached hydrogens (tertiary/aromatic N) is 4. The summed E-state index contributed by atoms with van der Waals surface area (Å²) in [6.07, 6.45) is 3.54. The smallest absolute Gasteiger partial charge is 0.410 e. The maximum Gasteiger partial charge on any atom is 0.410 e. The number of aromatic nitrogens is 3. The molecule has 7 nitrogen and oxygen atoms in total. The van der Waals surface area contributed by atoms with E-state index in [1.54, 1.807) is 4.90 Å². The van der Waals surface area contributed by atoms with E-state index in [1.165, 1.54) is 16.7 Å². The van der Waals surface area contributed by atoms with Crippen molar-refractivity contribution in [1.29, 1.82) is 0 Å². The second kappa shape index (κ2) is 9.62. The minimum absolute atomic E-state index is 0.102. The van der Waals surface area contributed by atoms with E-state index >= 15 is 0 Å². The summed E-state index contributed by atoms with van der Waals surface area (Å²) in [6.45, 7) is 9.65. The Morgan fingerprint density at radius 1 is 1.14 bits per heavy atom. The zero-order valence-electron chi connectivity index (χ0n) is 21.2. The van der Waals surface area contributed by atoms with Gasteiger partial charge in [-0.3, -0.25) is 0 Å². The number of anilines is 1. The van der Waals surface area contributed by atoms with E-state index in [0.717, 1.165) is 47.0 Å². The van der Waals surface area contributed by atoms with E-state index in [1.807, 2.05) is 56.6 Å². The van der Waals surface area contributed by atoms with Crippen molar-refractivity contribution in [3.63, 3.8) is 0 Å². The molecule has 2 aromatic carbocycles. The summed E-state index contributed by atoms with van der Waals surface area (Å²) >= 11 is 6.11. The van der Waals surface area contributed by atoms with Gasteiger partial charge in [0.05, 0.1) is 17.4 Å². The average molecular weight is 506 g/mol. The maximum absolute atomic E-state index is 12.5. The Morgan fingerprint density at radius 2 is 1.92 bits per heavy atom. The fraction of sp³-hybridized carbons (Fsp3) is 0.393. The summed E-state index contributed by atoms with van der Waals surface area (Å²) in [4.78, 5) is 14.3. The lowest BCUT2D eigenvalue weighted by Crippen LogP contribution is -2.39. The summed E-state index contributed by atoms with van der Waals surface area (Å²) < 4.78 is 7.56. The Balaban J connectivity index is 1.46. The molecule has 1 N–H and O–H groups in total. The van der Waals surface area contributed by atoms with Gasteiger partial charge in [0.2, 0.25) is 0 Å². The number of benzene rings is 2. The molecule has 0 spiro atoms. The molecule has 5 rings (SSSR count). The first-order valence-corrected chi connectivity index (χ1v) is 12.8. The number of rotatable bonds is 3. The molecule has 188 valence electrons. The molecule has 0 radical (unpaired) electrons. The third-order valence-corrected chi connectivity index (χ3v) is 6.88. The quantitative estimate of drug-likeness (QED) is 0.440. The van der Waals surface area contributed by atoms with Gasteiger partial charge in [0.1, 0.15) is 5.60 Å². The van der Waals surface area contributed by atoms with Crippen molar-refractivity contribution in [2.45, 2.75) is 58.7 Å². The number of nitrogens with one attached hydrogen (secondary N) is 1. The van der Waals surface area contributed by atoms with Gasteiger partial charge in [-0.05, 0) is 87.6 Å². The van der Waals surface area contributed by atoms with Crippen LogP contribution in [0.25, 0.3) is 16.8 Å². The van der Waals surface area contributed by atoms with Crippen LogP contribution in [0.3, 0.4) is 0 Å². The van der Waals surface area contributed by atoms with Crippen LogP contribution in [0.1, 0.15) is 56.5 Å². The predicted octanol–water partition coefficient (Wildman–Crippen LogP) is 6.49. The Bertz CT molecular complexity index is 1310. The predicted molar refractivity (Wildman–Crippen MR) is 143 cm³/mol. The number of aryl methyl sites for hydroxylation is 2. The highest BCUT2D eigenvalue weighted by Gasteiger charge is 2.27. The van der Waals surface area contributed by atoms with Crippen LogP contribution in [0.4, 0.5) is 10.5 Å². The minimum Gasteiger partial charge on any atom is -0.444 e. The summed E-state index contributed by atoms with van der Waals surface area (Å²) in [5, 5.41) is 13.2. The second-order valence-corrected chi connectivity index (χ2v) is 10.9. The van der Waals surface area contributed by atoms with Crippen LogP contribution in [0, 0.1) is 6.92 Å². The SMILES string of the molecule is Cc1nnn2c1-c1ccc(C3=CCN(C(=O)OC(C)(C)C)CC3)cc1C(Nc1ccc(Cl)cc1)CC2. The van der Waals surface area contributed by atoms with Crippen LogP contribution >= 0.6 is 11.6 Å². The van der Waals surface area contributed by atoms with Gasteiger partial charge in [0, 0.05) is 35.9 Å². The zero-order chi connectivity index (χ0) is 25.4. The highest BCUT2D eigenvalue weighted by molar-refractivity contribution is 6.30. The van der Waals surface area contributed by atoms with Gasteiger partial charge in [-0.15, -0.1) is 5.10 Å². The van der Waals surface area contributed by atoms with Crippen LogP contribution < -0.4 is 5.32 Å². The van der Waals surface area contributed by atoms with Crippen LogP contribution in [0.5, 0.6) is 0 Å². The molecule has 0 saturated heterocycles. The minimum atomic E-state index is -0.496. The number of halogens is 1. The van der Waals surface area contributed by atoms with Crippen molar-refractivity contribution < 1.29 is 9.53 Å². The fourth-order valence-electron chi connectivity index (χ4n) is 4.88. The van der Waals surface area contributed by atoms with Gasteiger partial charge in [-0.1, -0.05) is 35.0 Å². The van der Waals surface area contributed by atoms with E-state index in [-0.39, 0.29) is 12.1 Å². The molecular weight excluding hydrogens is 474 g/mol. The number of fused-ring (bicyclic) bond motifs is 3. The van der Waals surface area contributed by atoms with Crippen LogP contribution in [0.15, 0.2) is 48.5 Å². The number of carbonyl (C=O) groups is 1. The van der Waals surface area contributed by atoms with E-state index < -0.39 is 5.60 Å². The normalized spacial score (nSPS) is 17.5. The van der Waals surface area contributed by atoms with Crippen molar-refractivity contribution in [3.05, 3.63) is 70.4 Å². The van der Waals surface area contributed by atoms with Gasteiger partial charge in [0.15, 0.2) is 0 Å². The number of hydrogen-bond acceptors (Lipinski definition) is 5. The summed E-state index contributed by atoms with van der Waals surface area (Å²) in [5.74, 6) is 0. The Kier molecular flexibility index (Phi) is 6.51. The molecule has 0 bridgehead atoms. The molecule has 0 saturated carbocycles. The van der Waals surface area contributed by atoms with Crippen molar-refractivity contribution in [3.8, 4) is 11.3 Å². The van der Waals surface area contributed by atoms with Crippen LogP contribution in [-0.2, 0) is 11.3 Å². The number of ether oxygens (including phenoxy) is 1. The first kappa shape index (κ1) is 24.4. The largest absolute Gasteiger partial charge is 0.444 e. The van der Waals surface area contributed by atoms with E-state index in [9.17, 15) is 4.79 Å². The lowest BCUT2D eigenvalue weighted by atomic mass is 9.90. The molecule has 2 aliphatic heterocycles. The molecule has 1 amide bonds. The molecule has 8 heteroatoms. The second-order valence-electron chi connectivity index (χ2n) is 10.4. The first-order chi connectivity index (χ1) is 17.2. The lowest BCUT2D eigenvalue weighted by Gasteiger charge is -2.30. The van der Waals surface area contributed by atoms with Gasteiger partial charge in [0.25, 0.3) is 0 Å². The van der Waals surface area contributed by atoms with Crippen molar-refractivity contribution in [1.82, 2.24) is 19.9 Å². The molecular formula is C28H32ClN5O2. The molecule has 36 heavy (non-hydrogen) atoms. The lowest BCUT2D eigenvalue weighted by molar-refractivity contribution is 0.0270. The van der Waals surface area contributed by atoms with Gasteiger partial charge < -0.3 is 15.0 Å². The molecule has 1 atom stereocenters. The monoisotopic (exact) mass is 505 g/mol. The third-order valence-electron chi connectivity index (χ3n) is 6.63. The highest BCUT2D eigenvalue weighted by Crippen LogP contribution is 2.39. The van der Waals surface area contributed by atoms with Gasteiger partial charge in [-0.2, -0.15) is 0 Å². The number of carbonyl (C=O) groups excluding carboxylic acids is 1. The zero-order valence-corrected chi connectivity index (χ0v) is 22.0. The summed E-state index contributed by atoms with van der Waals surface area (Å²) in [6, 6.07) is 14.6. The molecule has 1 aromatic heterocycles. The first-order valence-electron chi connectivity index (χ1n) is 12.4. The van der Waals surface area contributed by atoms with E-state index in [2.05, 4.69) is 39.9 Å². The van der Waals surface area contributed by atoms with Gasteiger partial charge in [-0.25, -0.2) is 9.48 Å². The Morgan fingerprint density at radius 3 is 2.61 bits per heavy atom. The van der Waals surface area contributed by atoms with E-state index in [4.69, 9.17) is 16.3 Å². The fourth-order valence-corrected chi connectivity index (χ4v) is 5.01. The van der Waals surface area contributed by atoms with Crippen molar-refractivity contribution in [2.75, 3.05) is 18.4 Å². The van der Waals surface area contributed by atoms with Crippen LogP contribution in [0.2, 0.25) is 5.02 Å². The molecule has 2 aliphatic rings.